The summed E-state index contributed by atoms with van der Waals surface area (Å²) < 4.78 is 7.93. The monoisotopic (exact) mass is 456 g/mol. The highest BCUT2D eigenvalue weighted by Gasteiger charge is 2.13. The number of aryl methyl sites for hydroxylation is 1. The van der Waals surface area contributed by atoms with Gasteiger partial charge in [0.25, 0.3) is 5.91 Å². The molecule has 174 valence electrons. The molecule has 2 aromatic carbocycles. The van der Waals surface area contributed by atoms with Gasteiger partial charge in [0, 0.05) is 31.0 Å². The van der Waals surface area contributed by atoms with E-state index in [-0.39, 0.29) is 18.4 Å². The molecule has 0 unspecified atom stereocenters. The van der Waals surface area contributed by atoms with Gasteiger partial charge >= 0.3 is 0 Å². The van der Waals surface area contributed by atoms with Crippen molar-refractivity contribution in [2.45, 2.75) is 39.8 Å². The first kappa shape index (κ1) is 23.0. The summed E-state index contributed by atoms with van der Waals surface area (Å²) in [7, 11) is 0. The number of imidazole rings is 1. The smallest absolute Gasteiger partial charge is 0.255 e. The molecule has 0 saturated carbocycles. The summed E-state index contributed by atoms with van der Waals surface area (Å²) in [6, 6.07) is 18.6. The van der Waals surface area contributed by atoms with Gasteiger partial charge in [-0.3, -0.25) is 9.59 Å². The number of nitrogens with zero attached hydrogens (tertiary/aromatic N) is 2. The molecular weight excluding hydrogens is 428 g/mol. The van der Waals surface area contributed by atoms with Gasteiger partial charge in [-0.1, -0.05) is 37.3 Å². The Balaban J connectivity index is 1.39. The average molecular weight is 457 g/mol. The van der Waals surface area contributed by atoms with Crippen molar-refractivity contribution in [3.63, 3.8) is 0 Å². The fraction of sp³-hybridized carbons (Fsp3) is 0.222. The van der Waals surface area contributed by atoms with Gasteiger partial charge in [-0.15, -0.1) is 0 Å². The molecule has 0 bridgehead atoms. The van der Waals surface area contributed by atoms with Gasteiger partial charge in [0.05, 0.1) is 11.3 Å². The minimum Gasteiger partial charge on any atom is -0.486 e. The van der Waals surface area contributed by atoms with Crippen LogP contribution in [-0.4, -0.2) is 21.2 Å². The van der Waals surface area contributed by atoms with Crippen LogP contribution in [-0.2, 0) is 17.9 Å². The molecule has 0 atom stereocenters. The second kappa shape index (κ2) is 10.7. The van der Waals surface area contributed by atoms with E-state index in [1.165, 1.54) is 0 Å². The fourth-order valence-corrected chi connectivity index (χ4v) is 3.69. The molecule has 0 spiro atoms. The van der Waals surface area contributed by atoms with Crippen LogP contribution in [0, 0.1) is 6.92 Å². The van der Waals surface area contributed by atoms with E-state index >= 15 is 0 Å². The van der Waals surface area contributed by atoms with Crippen molar-refractivity contribution in [1.29, 1.82) is 0 Å². The van der Waals surface area contributed by atoms with Crippen molar-refractivity contribution in [3.05, 3.63) is 95.4 Å². The third kappa shape index (κ3) is 5.61. The molecule has 0 fully saturated rings. The number of hydrogen-bond donors (Lipinski definition) is 2. The number of hydrogen-bond acceptors (Lipinski definition) is 4. The second-order valence-corrected chi connectivity index (χ2v) is 8.12. The molecule has 34 heavy (non-hydrogen) atoms. The first-order valence-corrected chi connectivity index (χ1v) is 11.4. The number of fused-ring (bicyclic) bond motifs is 1. The van der Waals surface area contributed by atoms with Crippen LogP contribution in [0.3, 0.4) is 0 Å². The number of nitrogens with one attached hydrogen (secondary N) is 2. The number of carbonyl (C=O) groups excluding carboxylic acids is 2. The van der Waals surface area contributed by atoms with Crippen molar-refractivity contribution in [3.8, 4) is 5.75 Å². The predicted octanol–water partition coefficient (Wildman–Crippen LogP) is 4.89. The first-order chi connectivity index (χ1) is 16.5. The number of rotatable bonds is 9. The first-order valence-electron chi connectivity index (χ1n) is 11.4. The molecule has 0 aliphatic heterocycles. The van der Waals surface area contributed by atoms with Crippen molar-refractivity contribution in [2.75, 3.05) is 5.32 Å². The van der Waals surface area contributed by atoms with Crippen LogP contribution in [0.25, 0.3) is 5.65 Å². The summed E-state index contributed by atoms with van der Waals surface area (Å²) >= 11 is 0. The van der Waals surface area contributed by atoms with Crippen LogP contribution in [0.5, 0.6) is 5.75 Å². The Morgan fingerprint density at radius 1 is 1.06 bits per heavy atom. The second-order valence-electron chi connectivity index (χ2n) is 8.12. The van der Waals surface area contributed by atoms with Crippen LogP contribution >= 0.6 is 0 Å². The highest BCUT2D eigenvalue weighted by molar-refractivity contribution is 5.97. The van der Waals surface area contributed by atoms with Crippen LogP contribution in [0.4, 0.5) is 5.69 Å². The molecule has 0 aliphatic carbocycles. The lowest BCUT2D eigenvalue weighted by atomic mass is 10.1. The van der Waals surface area contributed by atoms with Crippen molar-refractivity contribution < 1.29 is 14.3 Å². The molecule has 2 aromatic heterocycles. The molecule has 0 aliphatic rings. The standard InChI is InChI=1S/C27H28N4O3/c1-3-8-25(32)29-21-11-6-10-20(15-21)16-28-27(33)23-12-4-5-13-24(23)34-18-22-17-31-14-7-9-19(2)26(31)30-22/h4-7,9-15,17H,3,8,16,18H2,1-2H3,(H,28,33)(H,29,32). The molecule has 4 aromatic rings. The minimum absolute atomic E-state index is 0.0180. The Morgan fingerprint density at radius 3 is 2.74 bits per heavy atom. The Kier molecular flexibility index (Phi) is 7.22. The van der Waals surface area contributed by atoms with E-state index in [4.69, 9.17) is 4.74 Å². The van der Waals surface area contributed by atoms with E-state index < -0.39 is 0 Å². The average Bonchev–Trinajstić information content (AvgIpc) is 3.26. The summed E-state index contributed by atoms with van der Waals surface area (Å²) in [5, 5.41) is 5.81. The van der Waals surface area contributed by atoms with Crippen LogP contribution in [0.15, 0.2) is 73.1 Å². The lowest BCUT2D eigenvalue weighted by Gasteiger charge is -2.12. The summed E-state index contributed by atoms with van der Waals surface area (Å²) in [5.41, 5.74) is 4.82. The molecule has 2 heterocycles. The minimum atomic E-state index is -0.234. The lowest BCUT2D eigenvalue weighted by Crippen LogP contribution is -2.23. The largest absolute Gasteiger partial charge is 0.486 e. The Labute approximate surface area is 198 Å². The Morgan fingerprint density at radius 2 is 1.91 bits per heavy atom. The molecule has 2 N–H and O–H groups in total. The van der Waals surface area contributed by atoms with E-state index in [0.29, 0.717) is 24.3 Å². The van der Waals surface area contributed by atoms with Gasteiger partial charge in [-0.05, 0) is 54.8 Å². The number of anilines is 1. The number of aromatic nitrogens is 2. The number of amides is 2. The summed E-state index contributed by atoms with van der Waals surface area (Å²) in [5.74, 6) is 0.242. The fourth-order valence-electron chi connectivity index (χ4n) is 3.69. The maximum absolute atomic E-state index is 12.9. The molecular formula is C27H28N4O3. The maximum Gasteiger partial charge on any atom is 0.255 e. The third-order valence-corrected chi connectivity index (χ3v) is 5.38. The highest BCUT2D eigenvalue weighted by atomic mass is 16.5. The highest BCUT2D eigenvalue weighted by Crippen LogP contribution is 2.20. The quantitative estimate of drug-likeness (QED) is 0.376. The van der Waals surface area contributed by atoms with Gasteiger partial charge in [-0.25, -0.2) is 4.98 Å². The molecule has 0 saturated heterocycles. The topological polar surface area (TPSA) is 84.7 Å². The SMILES string of the molecule is CCCC(=O)Nc1cccc(CNC(=O)c2ccccc2OCc2cn3cccc(C)c3n2)c1. The van der Waals surface area contributed by atoms with E-state index in [1.807, 2.05) is 73.1 Å². The molecule has 7 nitrogen and oxygen atoms in total. The van der Waals surface area contributed by atoms with E-state index in [0.717, 1.165) is 34.6 Å². The zero-order valence-electron chi connectivity index (χ0n) is 19.4. The molecule has 4 rings (SSSR count). The van der Waals surface area contributed by atoms with Crippen LogP contribution in [0.2, 0.25) is 0 Å². The van der Waals surface area contributed by atoms with Gasteiger partial charge in [0.1, 0.15) is 18.0 Å². The van der Waals surface area contributed by atoms with Gasteiger partial charge in [0.15, 0.2) is 0 Å². The van der Waals surface area contributed by atoms with Crippen LogP contribution in [0.1, 0.15) is 46.9 Å². The molecule has 0 radical (unpaired) electrons. The molecule has 2 amide bonds. The lowest BCUT2D eigenvalue weighted by molar-refractivity contribution is -0.116. The Bertz CT molecular complexity index is 1310. The normalized spacial score (nSPS) is 10.8. The number of ether oxygens (including phenoxy) is 1. The number of para-hydroxylation sites is 1. The summed E-state index contributed by atoms with van der Waals surface area (Å²) in [6.45, 7) is 4.56. The summed E-state index contributed by atoms with van der Waals surface area (Å²) in [4.78, 5) is 29.4. The maximum atomic E-state index is 12.9. The van der Waals surface area contributed by atoms with E-state index in [9.17, 15) is 9.59 Å². The van der Waals surface area contributed by atoms with Crippen LogP contribution < -0.4 is 15.4 Å². The number of carbonyl (C=O) groups is 2. The van der Waals surface area contributed by atoms with Crippen molar-refractivity contribution in [2.24, 2.45) is 0 Å². The van der Waals surface area contributed by atoms with Gasteiger partial charge in [-0.2, -0.15) is 0 Å². The zero-order chi connectivity index (χ0) is 23.9. The van der Waals surface area contributed by atoms with E-state index in [1.54, 1.807) is 18.2 Å². The van der Waals surface area contributed by atoms with E-state index in [2.05, 4.69) is 15.6 Å². The van der Waals surface area contributed by atoms with Gasteiger partial charge < -0.3 is 19.8 Å². The van der Waals surface area contributed by atoms with Crippen molar-refractivity contribution >= 4 is 23.1 Å². The third-order valence-electron chi connectivity index (χ3n) is 5.38. The van der Waals surface area contributed by atoms with Crippen molar-refractivity contribution in [1.82, 2.24) is 14.7 Å². The predicted molar refractivity (Wildman–Crippen MR) is 132 cm³/mol. The molecule has 7 heteroatoms. The summed E-state index contributed by atoms with van der Waals surface area (Å²) in [6.07, 6.45) is 5.15. The van der Waals surface area contributed by atoms with Gasteiger partial charge in [0.2, 0.25) is 5.91 Å². The number of pyridine rings is 1. The number of benzene rings is 2. The zero-order valence-corrected chi connectivity index (χ0v) is 19.4. The Hall–Kier alpha value is -4.13.